The van der Waals surface area contributed by atoms with Crippen LogP contribution in [-0.2, 0) is 5.41 Å². The molecule has 0 aliphatic carbocycles. The molecular formula is C14H21NO2. The molecule has 0 aliphatic rings. The molecule has 0 saturated carbocycles. The van der Waals surface area contributed by atoms with Gasteiger partial charge in [-0.3, -0.25) is 4.90 Å². The fraction of sp³-hybridized carbons (Fsp3) is 0.500. The van der Waals surface area contributed by atoms with Gasteiger partial charge in [0.15, 0.2) is 0 Å². The minimum atomic E-state index is -0.891. The van der Waals surface area contributed by atoms with Crippen LogP contribution in [-0.4, -0.2) is 17.7 Å². The fourth-order valence-corrected chi connectivity index (χ4v) is 1.70. The largest absolute Gasteiger partial charge is 0.465 e. The lowest BCUT2D eigenvalue weighted by molar-refractivity contribution is 0.202. The molecule has 0 radical (unpaired) electrons. The number of carbonyl (C=O) groups is 1. The van der Waals surface area contributed by atoms with E-state index in [1.54, 1.807) is 0 Å². The van der Waals surface area contributed by atoms with Crippen molar-refractivity contribution in [2.75, 3.05) is 11.4 Å². The van der Waals surface area contributed by atoms with Crippen molar-refractivity contribution in [2.24, 2.45) is 0 Å². The van der Waals surface area contributed by atoms with Crippen LogP contribution < -0.4 is 4.90 Å². The SMILES string of the molecule is CCCN(C(=O)O)c1cccc(C(C)(C)C)c1. The zero-order valence-electron chi connectivity index (χ0n) is 11.0. The number of hydrogen-bond donors (Lipinski definition) is 1. The number of nitrogens with zero attached hydrogens (tertiary/aromatic N) is 1. The van der Waals surface area contributed by atoms with E-state index in [1.165, 1.54) is 4.90 Å². The molecule has 1 amide bonds. The van der Waals surface area contributed by atoms with E-state index in [9.17, 15) is 9.90 Å². The van der Waals surface area contributed by atoms with Crippen molar-refractivity contribution >= 4 is 11.8 Å². The summed E-state index contributed by atoms with van der Waals surface area (Å²) in [5, 5.41) is 9.18. The molecule has 0 aliphatic heterocycles. The Labute approximate surface area is 103 Å². The highest BCUT2D eigenvalue weighted by Crippen LogP contribution is 2.26. The van der Waals surface area contributed by atoms with Crippen LogP contribution in [0.3, 0.4) is 0 Å². The molecule has 0 spiro atoms. The van der Waals surface area contributed by atoms with E-state index in [0.29, 0.717) is 6.54 Å². The second-order valence-corrected chi connectivity index (χ2v) is 5.23. The van der Waals surface area contributed by atoms with Gasteiger partial charge in [0, 0.05) is 12.2 Å². The van der Waals surface area contributed by atoms with Crippen LogP contribution in [0.5, 0.6) is 0 Å². The maximum Gasteiger partial charge on any atom is 0.411 e. The molecule has 1 N–H and O–H groups in total. The van der Waals surface area contributed by atoms with Crippen LogP contribution in [0.25, 0.3) is 0 Å². The van der Waals surface area contributed by atoms with Crippen LogP contribution in [0.2, 0.25) is 0 Å². The van der Waals surface area contributed by atoms with E-state index >= 15 is 0 Å². The molecule has 94 valence electrons. The van der Waals surface area contributed by atoms with Crippen molar-refractivity contribution < 1.29 is 9.90 Å². The van der Waals surface area contributed by atoms with Crippen molar-refractivity contribution in [1.82, 2.24) is 0 Å². The molecule has 0 fully saturated rings. The van der Waals surface area contributed by atoms with Gasteiger partial charge in [0.05, 0.1) is 0 Å². The minimum absolute atomic E-state index is 0.0341. The maximum atomic E-state index is 11.2. The standard InChI is InChI=1S/C14H21NO2/c1-5-9-15(13(16)17)12-8-6-7-11(10-12)14(2,3)4/h6-8,10H,5,9H2,1-4H3,(H,16,17). The van der Waals surface area contributed by atoms with Gasteiger partial charge in [-0.25, -0.2) is 4.79 Å². The molecule has 17 heavy (non-hydrogen) atoms. The Morgan fingerprint density at radius 1 is 1.35 bits per heavy atom. The van der Waals surface area contributed by atoms with Gasteiger partial charge < -0.3 is 5.11 Å². The van der Waals surface area contributed by atoms with Gasteiger partial charge in [0.2, 0.25) is 0 Å². The Kier molecular flexibility index (Phi) is 4.16. The van der Waals surface area contributed by atoms with E-state index in [1.807, 2.05) is 31.2 Å². The Morgan fingerprint density at radius 3 is 2.47 bits per heavy atom. The molecule has 3 nitrogen and oxygen atoms in total. The topological polar surface area (TPSA) is 40.5 Å². The Morgan fingerprint density at radius 2 is 2.00 bits per heavy atom. The first-order chi connectivity index (χ1) is 7.86. The van der Waals surface area contributed by atoms with Crippen LogP contribution in [0.1, 0.15) is 39.7 Å². The summed E-state index contributed by atoms with van der Waals surface area (Å²) < 4.78 is 0. The molecule has 1 rings (SSSR count). The minimum Gasteiger partial charge on any atom is -0.465 e. The first kappa shape index (κ1) is 13.6. The molecule has 0 unspecified atom stereocenters. The zero-order chi connectivity index (χ0) is 13.1. The summed E-state index contributed by atoms with van der Waals surface area (Å²) in [6.45, 7) is 8.87. The van der Waals surface area contributed by atoms with Crippen LogP contribution in [0.15, 0.2) is 24.3 Å². The lowest BCUT2D eigenvalue weighted by Crippen LogP contribution is -2.30. The van der Waals surface area contributed by atoms with Gasteiger partial charge in [-0.15, -0.1) is 0 Å². The predicted octanol–water partition coefficient (Wildman–Crippen LogP) is 3.88. The fourth-order valence-electron chi connectivity index (χ4n) is 1.70. The van der Waals surface area contributed by atoms with E-state index in [2.05, 4.69) is 20.8 Å². The van der Waals surface area contributed by atoms with E-state index in [0.717, 1.165) is 17.7 Å². The highest BCUT2D eigenvalue weighted by Gasteiger charge is 2.17. The molecule has 0 aromatic heterocycles. The summed E-state index contributed by atoms with van der Waals surface area (Å²) in [6, 6.07) is 7.76. The Balaban J connectivity index is 3.08. The first-order valence-corrected chi connectivity index (χ1v) is 5.97. The number of anilines is 1. The van der Waals surface area contributed by atoms with Crippen molar-refractivity contribution in [3.8, 4) is 0 Å². The molecule has 0 atom stereocenters. The van der Waals surface area contributed by atoms with Crippen LogP contribution >= 0.6 is 0 Å². The van der Waals surface area contributed by atoms with Gasteiger partial charge in [-0.1, -0.05) is 39.8 Å². The summed E-state index contributed by atoms with van der Waals surface area (Å²) in [5.41, 5.74) is 1.94. The molecule has 3 heteroatoms. The second kappa shape index (κ2) is 5.21. The smallest absolute Gasteiger partial charge is 0.411 e. The van der Waals surface area contributed by atoms with E-state index in [-0.39, 0.29) is 5.41 Å². The second-order valence-electron chi connectivity index (χ2n) is 5.23. The summed E-state index contributed by atoms with van der Waals surface area (Å²) in [4.78, 5) is 12.6. The number of rotatable bonds is 3. The predicted molar refractivity (Wildman–Crippen MR) is 70.8 cm³/mol. The third-order valence-electron chi connectivity index (χ3n) is 2.70. The summed E-state index contributed by atoms with van der Waals surface area (Å²) >= 11 is 0. The summed E-state index contributed by atoms with van der Waals surface area (Å²) in [7, 11) is 0. The number of benzene rings is 1. The van der Waals surface area contributed by atoms with Gasteiger partial charge in [0.25, 0.3) is 0 Å². The number of amides is 1. The van der Waals surface area contributed by atoms with Gasteiger partial charge >= 0.3 is 6.09 Å². The molecule has 1 aromatic carbocycles. The summed E-state index contributed by atoms with van der Waals surface area (Å²) in [6.07, 6.45) is -0.0793. The number of carboxylic acid groups (broad SMARTS) is 1. The normalized spacial score (nSPS) is 11.3. The molecule has 0 saturated heterocycles. The van der Waals surface area contributed by atoms with E-state index < -0.39 is 6.09 Å². The van der Waals surface area contributed by atoms with Gasteiger partial charge in [-0.05, 0) is 29.5 Å². The average Bonchev–Trinajstić information content (AvgIpc) is 2.24. The van der Waals surface area contributed by atoms with Crippen molar-refractivity contribution in [3.63, 3.8) is 0 Å². The van der Waals surface area contributed by atoms with Crippen LogP contribution in [0, 0.1) is 0 Å². The first-order valence-electron chi connectivity index (χ1n) is 5.97. The quantitative estimate of drug-likeness (QED) is 0.863. The zero-order valence-corrected chi connectivity index (χ0v) is 11.0. The average molecular weight is 235 g/mol. The molecular weight excluding hydrogens is 214 g/mol. The van der Waals surface area contributed by atoms with Crippen molar-refractivity contribution in [1.29, 1.82) is 0 Å². The van der Waals surface area contributed by atoms with Crippen molar-refractivity contribution in [3.05, 3.63) is 29.8 Å². The summed E-state index contributed by atoms with van der Waals surface area (Å²) in [5.74, 6) is 0. The lowest BCUT2D eigenvalue weighted by atomic mass is 9.87. The lowest BCUT2D eigenvalue weighted by Gasteiger charge is -2.23. The monoisotopic (exact) mass is 235 g/mol. The molecule has 0 heterocycles. The number of hydrogen-bond acceptors (Lipinski definition) is 1. The van der Waals surface area contributed by atoms with E-state index in [4.69, 9.17) is 0 Å². The Bertz CT molecular complexity index is 393. The van der Waals surface area contributed by atoms with Gasteiger partial charge in [0.1, 0.15) is 0 Å². The highest BCUT2D eigenvalue weighted by atomic mass is 16.4. The highest BCUT2D eigenvalue weighted by molar-refractivity contribution is 5.86. The Hall–Kier alpha value is -1.51. The molecule has 0 bridgehead atoms. The van der Waals surface area contributed by atoms with Crippen molar-refractivity contribution in [2.45, 2.75) is 39.5 Å². The maximum absolute atomic E-state index is 11.2. The third-order valence-corrected chi connectivity index (χ3v) is 2.70. The van der Waals surface area contributed by atoms with Crippen LogP contribution in [0.4, 0.5) is 10.5 Å². The molecule has 1 aromatic rings. The van der Waals surface area contributed by atoms with Gasteiger partial charge in [-0.2, -0.15) is 0 Å². The third kappa shape index (κ3) is 3.48.